The summed E-state index contributed by atoms with van der Waals surface area (Å²) in [7, 11) is 0. The minimum atomic E-state index is 0.869. The van der Waals surface area contributed by atoms with E-state index in [9.17, 15) is 0 Å². The van der Waals surface area contributed by atoms with E-state index in [4.69, 9.17) is 4.42 Å². The summed E-state index contributed by atoms with van der Waals surface area (Å²) in [5, 5.41) is 1.12. The van der Waals surface area contributed by atoms with E-state index < -0.39 is 0 Å². The van der Waals surface area contributed by atoms with Crippen LogP contribution in [0.3, 0.4) is 0 Å². The average molecular weight is 209 g/mol. The Kier molecular flexibility index (Phi) is 2.00. The van der Waals surface area contributed by atoms with Crippen molar-refractivity contribution in [2.45, 2.75) is 6.92 Å². The fraction of sp³-hybridized carbons (Fsp3) is 0.0714. The van der Waals surface area contributed by atoms with Crippen molar-refractivity contribution in [2.24, 2.45) is 0 Å². The largest absolute Gasteiger partial charge is 0.456 e. The van der Waals surface area contributed by atoms with E-state index in [1.54, 1.807) is 0 Å². The van der Waals surface area contributed by atoms with Gasteiger partial charge in [-0.05, 0) is 31.2 Å². The first-order chi connectivity index (χ1) is 7.83. The lowest BCUT2D eigenvalue weighted by Gasteiger charge is -1.95. The van der Waals surface area contributed by atoms with Gasteiger partial charge in [0.2, 0.25) is 0 Å². The van der Waals surface area contributed by atoms with Crippen LogP contribution in [0.4, 0.5) is 0 Å². The molecule has 0 saturated carbocycles. The van der Waals surface area contributed by atoms with Gasteiger partial charge in [-0.3, -0.25) is 4.98 Å². The molecule has 16 heavy (non-hydrogen) atoms. The number of aromatic nitrogens is 1. The molecule has 0 bridgehead atoms. The summed E-state index contributed by atoms with van der Waals surface area (Å²) < 4.78 is 5.75. The molecule has 2 aromatic heterocycles. The maximum atomic E-state index is 5.75. The van der Waals surface area contributed by atoms with Crippen molar-refractivity contribution in [1.82, 2.24) is 4.98 Å². The molecule has 2 heteroatoms. The van der Waals surface area contributed by atoms with Gasteiger partial charge in [-0.25, -0.2) is 0 Å². The van der Waals surface area contributed by atoms with Gasteiger partial charge in [-0.2, -0.15) is 0 Å². The second-order valence-corrected chi connectivity index (χ2v) is 3.84. The first-order valence-electron chi connectivity index (χ1n) is 5.24. The van der Waals surface area contributed by atoms with Crippen LogP contribution in [-0.2, 0) is 0 Å². The van der Waals surface area contributed by atoms with Crippen molar-refractivity contribution in [3.8, 4) is 11.3 Å². The molecular weight excluding hydrogens is 198 g/mol. The Labute approximate surface area is 93.5 Å². The predicted molar refractivity (Wildman–Crippen MR) is 64.2 cm³/mol. The van der Waals surface area contributed by atoms with E-state index in [0.29, 0.717) is 0 Å². The van der Waals surface area contributed by atoms with Gasteiger partial charge in [-0.15, -0.1) is 0 Å². The third-order valence-electron chi connectivity index (χ3n) is 2.62. The van der Waals surface area contributed by atoms with Crippen LogP contribution in [0.1, 0.15) is 5.69 Å². The molecule has 0 N–H and O–H groups in total. The fourth-order valence-corrected chi connectivity index (χ4v) is 1.74. The highest BCUT2D eigenvalue weighted by Gasteiger charge is 2.05. The highest BCUT2D eigenvalue weighted by Crippen LogP contribution is 2.26. The monoisotopic (exact) mass is 209 g/mol. The summed E-state index contributed by atoms with van der Waals surface area (Å²) in [5.41, 5.74) is 2.94. The van der Waals surface area contributed by atoms with Gasteiger partial charge in [0.15, 0.2) is 0 Å². The Balaban J connectivity index is 2.15. The number of hydrogen-bond acceptors (Lipinski definition) is 2. The fourth-order valence-electron chi connectivity index (χ4n) is 1.74. The number of hydrogen-bond donors (Lipinski definition) is 0. The molecule has 0 spiro atoms. The average Bonchev–Trinajstić information content (AvgIpc) is 2.73. The second-order valence-electron chi connectivity index (χ2n) is 3.84. The molecule has 0 fully saturated rings. The summed E-state index contributed by atoms with van der Waals surface area (Å²) >= 11 is 0. The van der Waals surface area contributed by atoms with Gasteiger partial charge in [0.05, 0.1) is 0 Å². The third kappa shape index (κ3) is 1.48. The Bertz CT molecular complexity index is 590. The molecule has 0 aliphatic heterocycles. The Morgan fingerprint density at radius 3 is 2.69 bits per heavy atom. The van der Waals surface area contributed by atoms with E-state index in [1.165, 1.54) is 0 Å². The number of nitrogens with zero attached hydrogens (tertiary/aromatic N) is 1. The molecular formula is C14H11NO. The summed E-state index contributed by atoms with van der Waals surface area (Å²) in [5.74, 6) is 0.869. The molecule has 3 rings (SSSR count). The van der Waals surface area contributed by atoms with Crippen molar-refractivity contribution < 1.29 is 4.42 Å². The molecule has 78 valence electrons. The van der Waals surface area contributed by atoms with Gasteiger partial charge in [0, 0.05) is 22.8 Å². The molecule has 2 heterocycles. The zero-order chi connectivity index (χ0) is 11.0. The van der Waals surface area contributed by atoms with Gasteiger partial charge in [-0.1, -0.05) is 18.2 Å². The van der Waals surface area contributed by atoms with Crippen LogP contribution in [0.25, 0.3) is 22.3 Å². The smallest absolute Gasteiger partial charge is 0.136 e. The lowest BCUT2D eigenvalue weighted by Crippen LogP contribution is -1.80. The van der Waals surface area contributed by atoms with E-state index >= 15 is 0 Å². The lowest BCUT2D eigenvalue weighted by molar-refractivity contribution is 0.631. The van der Waals surface area contributed by atoms with Crippen LogP contribution >= 0.6 is 0 Å². The number of aryl methyl sites for hydroxylation is 1. The normalized spacial score (nSPS) is 10.8. The van der Waals surface area contributed by atoms with Crippen LogP contribution in [0.2, 0.25) is 0 Å². The highest BCUT2D eigenvalue weighted by atomic mass is 16.3. The summed E-state index contributed by atoms with van der Waals surface area (Å²) in [4.78, 5) is 4.27. The van der Waals surface area contributed by atoms with Gasteiger partial charge in [0.25, 0.3) is 0 Å². The molecule has 1 aromatic carbocycles. The Morgan fingerprint density at radius 2 is 1.94 bits per heavy atom. The minimum Gasteiger partial charge on any atom is -0.456 e. The molecule has 0 aliphatic carbocycles. The standard InChI is InChI=1S/C14H11NO/c1-10-6-7-12(9-15-10)14-8-11-4-2-3-5-13(11)16-14/h2-9H,1H3. The zero-order valence-corrected chi connectivity index (χ0v) is 8.97. The topological polar surface area (TPSA) is 26.0 Å². The molecule has 2 nitrogen and oxygen atoms in total. The van der Waals surface area contributed by atoms with Crippen LogP contribution < -0.4 is 0 Å². The number of benzene rings is 1. The number of fused-ring (bicyclic) bond motifs is 1. The van der Waals surface area contributed by atoms with Crippen LogP contribution in [0.5, 0.6) is 0 Å². The number of furan rings is 1. The van der Waals surface area contributed by atoms with E-state index in [-0.39, 0.29) is 0 Å². The van der Waals surface area contributed by atoms with Gasteiger partial charge in [0.1, 0.15) is 11.3 Å². The number of para-hydroxylation sites is 1. The van der Waals surface area contributed by atoms with Crippen LogP contribution in [0.15, 0.2) is 53.1 Å². The summed E-state index contributed by atoms with van der Waals surface area (Å²) in [6, 6.07) is 14.1. The van der Waals surface area contributed by atoms with Crippen LogP contribution in [0, 0.1) is 6.92 Å². The summed E-state index contributed by atoms with van der Waals surface area (Å²) in [6.07, 6.45) is 1.84. The highest BCUT2D eigenvalue weighted by molar-refractivity contribution is 5.82. The zero-order valence-electron chi connectivity index (χ0n) is 8.97. The summed E-state index contributed by atoms with van der Waals surface area (Å²) in [6.45, 7) is 1.97. The Hall–Kier alpha value is -2.09. The van der Waals surface area contributed by atoms with Crippen molar-refractivity contribution >= 4 is 11.0 Å². The van der Waals surface area contributed by atoms with Gasteiger partial charge >= 0.3 is 0 Å². The second kappa shape index (κ2) is 3.49. The van der Waals surface area contributed by atoms with Crippen molar-refractivity contribution in [3.63, 3.8) is 0 Å². The first-order valence-corrected chi connectivity index (χ1v) is 5.24. The molecule has 0 saturated heterocycles. The molecule has 0 amide bonds. The molecule has 0 aliphatic rings. The minimum absolute atomic E-state index is 0.869. The third-order valence-corrected chi connectivity index (χ3v) is 2.62. The maximum absolute atomic E-state index is 5.75. The Morgan fingerprint density at radius 1 is 1.06 bits per heavy atom. The van der Waals surface area contributed by atoms with Gasteiger partial charge < -0.3 is 4.42 Å². The van der Waals surface area contributed by atoms with Crippen LogP contribution in [-0.4, -0.2) is 4.98 Å². The van der Waals surface area contributed by atoms with E-state index in [2.05, 4.69) is 4.98 Å². The molecule has 0 unspecified atom stereocenters. The predicted octanol–water partition coefficient (Wildman–Crippen LogP) is 3.80. The quantitative estimate of drug-likeness (QED) is 0.609. The van der Waals surface area contributed by atoms with E-state index in [0.717, 1.165) is 28.0 Å². The molecule has 0 radical (unpaired) electrons. The number of pyridine rings is 1. The van der Waals surface area contributed by atoms with Crippen molar-refractivity contribution in [3.05, 3.63) is 54.4 Å². The van der Waals surface area contributed by atoms with Crippen molar-refractivity contribution in [2.75, 3.05) is 0 Å². The first kappa shape index (κ1) is 9.16. The molecule has 0 atom stereocenters. The SMILES string of the molecule is Cc1ccc(-c2cc3ccccc3o2)cn1. The van der Waals surface area contributed by atoms with Crippen molar-refractivity contribution in [1.29, 1.82) is 0 Å². The molecule has 3 aromatic rings. The number of rotatable bonds is 1. The lowest BCUT2D eigenvalue weighted by atomic mass is 10.2. The maximum Gasteiger partial charge on any atom is 0.136 e. The van der Waals surface area contributed by atoms with E-state index in [1.807, 2.05) is 55.6 Å².